The van der Waals surface area contributed by atoms with Gasteiger partial charge in [0.1, 0.15) is 0 Å². The summed E-state index contributed by atoms with van der Waals surface area (Å²) < 4.78 is 1.96. The first-order valence-corrected chi connectivity index (χ1v) is 11.3. The largest absolute Gasteiger partial charge is 0.348 e. The number of likely N-dealkylation sites (tertiary alicyclic amines) is 1. The smallest absolute Gasteiger partial charge is 0.272 e. The molecule has 3 aromatic rings. The molecule has 5 rings (SSSR count). The van der Waals surface area contributed by atoms with Gasteiger partial charge in [-0.05, 0) is 62.8 Å². The third-order valence-electron chi connectivity index (χ3n) is 6.53. The van der Waals surface area contributed by atoms with Crippen molar-refractivity contribution in [2.75, 3.05) is 13.1 Å². The fourth-order valence-electron chi connectivity index (χ4n) is 4.78. The highest BCUT2D eigenvalue weighted by Gasteiger charge is 2.30. The molecule has 32 heavy (non-hydrogen) atoms. The molecule has 1 aromatic carbocycles. The Bertz CT molecular complexity index is 1150. The summed E-state index contributed by atoms with van der Waals surface area (Å²) in [6.45, 7) is 3.32. The molecule has 7 heteroatoms. The van der Waals surface area contributed by atoms with Gasteiger partial charge in [0.05, 0.1) is 5.69 Å². The Morgan fingerprint density at radius 3 is 2.53 bits per heavy atom. The van der Waals surface area contributed by atoms with E-state index in [4.69, 9.17) is 5.10 Å². The minimum Gasteiger partial charge on any atom is -0.348 e. The van der Waals surface area contributed by atoms with E-state index in [0.29, 0.717) is 24.3 Å². The molecule has 1 N–H and O–H groups in total. The second kappa shape index (κ2) is 8.57. The summed E-state index contributed by atoms with van der Waals surface area (Å²) in [5.41, 5.74) is 5.62. The minimum atomic E-state index is -0.102. The van der Waals surface area contributed by atoms with Crippen molar-refractivity contribution in [2.24, 2.45) is 0 Å². The molecule has 1 saturated heterocycles. The van der Waals surface area contributed by atoms with Crippen molar-refractivity contribution < 1.29 is 9.59 Å². The quantitative estimate of drug-likeness (QED) is 0.691. The SMILES string of the molecule is Cc1ccccc1-n1nc(C(=O)NC2CCN(C(=O)c3ccncc3)CC2)c2c1CCC2. The maximum atomic E-state index is 13.2. The third kappa shape index (κ3) is 3.79. The maximum Gasteiger partial charge on any atom is 0.272 e. The second-order valence-electron chi connectivity index (χ2n) is 8.60. The summed E-state index contributed by atoms with van der Waals surface area (Å²) >= 11 is 0. The first kappa shape index (κ1) is 20.4. The van der Waals surface area contributed by atoms with Gasteiger partial charge in [-0.15, -0.1) is 0 Å². The molecular weight excluding hydrogens is 402 g/mol. The van der Waals surface area contributed by atoms with E-state index in [1.54, 1.807) is 24.5 Å². The fourth-order valence-corrected chi connectivity index (χ4v) is 4.78. The molecule has 7 nitrogen and oxygen atoms in total. The predicted molar refractivity (Wildman–Crippen MR) is 121 cm³/mol. The van der Waals surface area contributed by atoms with Crippen LogP contribution >= 0.6 is 0 Å². The monoisotopic (exact) mass is 429 g/mol. The summed E-state index contributed by atoms with van der Waals surface area (Å²) in [6, 6.07) is 11.7. The summed E-state index contributed by atoms with van der Waals surface area (Å²) in [4.78, 5) is 31.6. The van der Waals surface area contributed by atoms with Crippen LogP contribution in [-0.4, -0.2) is 50.6 Å². The molecule has 0 spiro atoms. The normalized spacial score (nSPS) is 16.1. The average Bonchev–Trinajstić information content (AvgIpc) is 3.43. The van der Waals surface area contributed by atoms with Crippen molar-refractivity contribution in [1.29, 1.82) is 0 Å². The number of carbonyl (C=O) groups excluding carboxylic acids is 2. The summed E-state index contributed by atoms with van der Waals surface area (Å²) in [7, 11) is 0. The zero-order valence-electron chi connectivity index (χ0n) is 18.3. The van der Waals surface area contributed by atoms with Gasteiger partial charge in [0.25, 0.3) is 11.8 Å². The number of pyridine rings is 1. The molecule has 164 valence electrons. The van der Waals surface area contributed by atoms with E-state index in [9.17, 15) is 9.59 Å². The van der Waals surface area contributed by atoms with Crippen LogP contribution in [0.15, 0.2) is 48.8 Å². The van der Waals surface area contributed by atoms with Crippen molar-refractivity contribution in [3.8, 4) is 5.69 Å². The van der Waals surface area contributed by atoms with E-state index < -0.39 is 0 Å². The number of piperidine rings is 1. The van der Waals surface area contributed by atoms with Crippen LogP contribution in [0, 0.1) is 6.92 Å². The zero-order valence-corrected chi connectivity index (χ0v) is 18.3. The van der Waals surface area contributed by atoms with Gasteiger partial charge in [-0.25, -0.2) is 4.68 Å². The van der Waals surface area contributed by atoms with Crippen LogP contribution in [0.2, 0.25) is 0 Å². The van der Waals surface area contributed by atoms with Crippen LogP contribution in [0.5, 0.6) is 0 Å². The zero-order chi connectivity index (χ0) is 22.1. The Labute approximate surface area is 187 Å². The Kier molecular flexibility index (Phi) is 5.47. The number of para-hydroxylation sites is 1. The molecule has 0 atom stereocenters. The van der Waals surface area contributed by atoms with Gasteiger partial charge in [0.2, 0.25) is 0 Å². The van der Waals surface area contributed by atoms with Crippen molar-refractivity contribution in [3.05, 3.63) is 76.9 Å². The first-order valence-electron chi connectivity index (χ1n) is 11.3. The molecular formula is C25H27N5O2. The molecule has 0 unspecified atom stereocenters. The van der Waals surface area contributed by atoms with Crippen LogP contribution in [0.3, 0.4) is 0 Å². The first-order chi connectivity index (χ1) is 15.6. The Balaban J connectivity index is 1.27. The molecule has 2 aromatic heterocycles. The summed E-state index contributed by atoms with van der Waals surface area (Å²) in [5.74, 6) is -0.0821. The van der Waals surface area contributed by atoms with Gasteiger partial charge in [0, 0.05) is 48.3 Å². The van der Waals surface area contributed by atoms with Gasteiger partial charge in [0.15, 0.2) is 5.69 Å². The number of nitrogens with zero attached hydrogens (tertiary/aromatic N) is 4. The van der Waals surface area contributed by atoms with Gasteiger partial charge in [-0.2, -0.15) is 5.10 Å². The molecule has 0 bridgehead atoms. The number of nitrogens with one attached hydrogen (secondary N) is 1. The highest BCUT2D eigenvalue weighted by molar-refractivity contribution is 5.95. The van der Waals surface area contributed by atoms with Crippen LogP contribution in [0.4, 0.5) is 0 Å². The number of aromatic nitrogens is 3. The Morgan fingerprint density at radius 1 is 1.03 bits per heavy atom. The number of hydrogen-bond acceptors (Lipinski definition) is 4. The molecule has 2 aliphatic rings. The number of aryl methyl sites for hydroxylation is 1. The molecule has 0 saturated carbocycles. The Hall–Kier alpha value is -3.48. The average molecular weight is 430 g/mol. The Morgan fingerprint density at radius 2 is 1.78 bits per heavy atom. The van der Waals surface area contributed by atoms with Crippen molar-refractivity contribution in [1.82, 2.24) is 25.0 Å². The van der Waals surface area contributed by atoms with Gasteiger partial charge < -0.3 is 10.2 Å². The lowest BCUT2D eigenvalue weighted by Crippen LogP contribution is -2.46. The van der Waals surface area contributed by atoms with Crippen LogP contribution < -0.4 is 5.32 Å². The number of carbonyl (C=O) groups is 2. The van der Waals surface area contributed by atoms with Crippen molar-refractivity contribution in [3.63, 3.8) is 0 Å². The molecule has 0 radical (unpaired) electrons. The number of rotatable bonds is 4. The lowest BCUT2D eigenvalue weighted by Gasteiger charge is -2.32. The van der Waals surface area contributed by atoms with Crippen LogP contribution in [0.25, 0.3) is 5.69 Å². The second-order valence-corrected chi connectivity index (χ2v) is 8.60. The lowest BCUT2D eigenvalue weighted by atomic mass is 10.0. The standard InChI is InChI=1S/C25H27N5O2/c1-17-5-2-3-7-21(17)30-22-8-4-6-20(22)23(28-30)24(31)27-19-11-15-29(16-12-19)25(32)18-9-13-26-14-10-18/h2-3,5,7,9-10,13-14,19H,4,6,8,11-12,15-16H2,1H3,(H,27,31). The van der Waals surface area contributed by atoms with E-state index in [1.807, 2.05) is 21.7 Å². The minimum absolute atomic E-state index is 0.0203. The van der Waals surface area contributed by atoms with E-state index in [0.717, 1.165) is 54.6 Å². The number of fused-ring (bicyclic) bond motifs is 1. The van der Waals surface area contributed by atoms with Crippen molar-refractivity contribution >= 4 is 11.8 Å². The van der Waals surface area contributed by atoms with Crippen LogP contribution in [-0.2, 0) is 12.8 Å². The number of hydrogen-bond donors (Lipinski definition) is 1. The molecule has 1 fully saturated rings. The highest BCUT2D eigenvalue weighted by atomic mass is 16.2. The number of amides is 2. The predicted octanol–water partition coefficient (Wildman–Crippen LogP) is 3.10. The molecule has 1 aliphatic heterocycles. The van der Waals surface area contributed by atoms with Gasteiger partial charge in [-0.1, -0.05) is 18.2 Å². The van der Waals surface area contributed by atoms with Gasteiger partial charge >= 0.3 is 0 Å². The molecule has 3 heterocycles. The number of benzene rings is 1. The fraction of sp³-hybridized carbons (Fsp3) is 0.360. The van der Waals surface area contributed by atoms with E-state index in [-0.39, 0.29) is 17.9 Å². The van der Waals surface area contributed by atoms with E-state index in [2.05, 4.69) is 29.4 Å². The molecule has 2 amide bonds. The molecule has 1 aliphatic carbocycles. The topological polar surface area (TPSA) is 80.1 Å². The third-order valence-corrected chi connectivity index (χ3v) is 6.53. The van der Waals surface area contributed by atoms with Crippen molar-refractivity contribution in [2.45, 2.75) is 45.1 Å². The highest BCUT2D eigenvalue weighted by Crippen LogP contribution is 2.29. The van der Waals surface area contributed by atoms with Crippen LogP contribution in [0.1, 0.15) is 56.9 Å². The van der Waals surface area contributed by atoms with E-state index >= 15 is 0 Å². The van der Waals surface area contributed by atoms with Gasteiger partial charge in [-0.3, -0.25) is 14.6 Å². The lowest BCUT2D eigenvalue weighted by molar-refractivity contribution is 0.0697. The summed E-state index contributed by atoms with van der Waals surface area (Å²) in [6.07, 6.45) is 7.63. The van der Waals surface area contributed by atoms with E-state index in [1.165, 1.54) is 0 Å². The summed E-state index contributed by atoms with van der Waals surface area (Å²) in [5, 5.41) is 7.93. The maximum absolute atomic E-state index is 13.2.